The van der Waals surface area contributed by atoms with Gasteiger partial charge < -0.3 is 15.0 Å². The van der Waals surface area contributed by atoms with Gasteiger partial charge in [0.2, 0.25) is 0 Å². The molecule has 0 saturated heterocycles. The number of hydrogen-bond donors (Lipinski definition) is 1. The number of fused-ring (bicyclic) bond motifs is 1. The number of imidazole rings is 1. The molecule has 0 aliphatic rings. The van der Waals surface area contributed by atoms with Crippen molar-refractivity contribution in [2.24, 2.45) is 5.73 Å². The molecule has 0 radical (unpaired) electrons. The van der Waals surface area contributed by atoms with Crippen molar-refractivity contribution in [1.82, 2.24) is 9.55 Å². The highest BCUT2D eigenvalue weighted by molar-refractivity contribution is 5.84. The number of carbonyl (C=O) groups excluding carboxylic acids is 1. The first-order valence-corrected chi connectivity index (χ1v) is 7.38. The van der Waals surface area contributed by atoms with Crippen LogP contribution >= 0.6 is 0 Å². The summed E-state index contributed by atoms with van der Waals surface area (Å²) in [5, 5.41) is 2.37. The van der Waals surface area contributed by atoms with Gasteiger partial charge in [0.25, 0.3) is 5.91 Å². The average Bonchev–Trinajstić information content (AvgIpc) is 3.02. The summed E-state index contributed by atoms with van der Waals surface area (Å²) in [6, 6.07) is 14.5. The number of nitrogens with zero attached hydrogens (tertiary/aromatic N) is 2. The van der Waals surface area contributed by atoms with Crippen LogP contribution in [-0.4, -0.2) is 22.6 Å². The molecule has 2 N–H and O–H groups in total. The van der Waals surface area contributed by atoms with E-state index in [1.165, 1.54) is 17.9 Å². The first-order valence-electron chi connectivity index (χ1n) is 7.38. The smallest absolute Gasteiger partial charge is 0.255 e. The Morgan fingerprint density at radius 1 is 1.26 bits per heavy atom. The van der Waals surface area contributed by atoms with E-state index in [2.05, 4.69) is 35.3 Å². The van der Waals surface area contributed by atoms with Gasteiger partial charge in [0.15, 0.2) is 5.60 Å². The van der Waals surface area contributed by atoms with Gasteiger partial charge in [-0.25, -0.2) is 4.98 Å². The van der Waals surface area contributed by atoms with E-state index in [4.69, 9.17) is 10.5 Å². The maximum atomic E-state index is 11.8. The summed E-state index contributed by atoms with van der Waals surface area (Å²) in [6.45, 7) is 2.25. The Balaban J connectivity index is 1.97. The number of aromatic nitrogens is 2. The van der Waals surface area contributed by atoms with Gasteiger partial charge in [0.1, 0.15) is 0 Å². The summed E-state index contributed by atoms with van der Waals surface area (Å²) in [7, 11) is 1.47. The molecule has 0 bridgehead atoms. The summed E-state index contributed by atoms with van der Waals surface area (Å²) in [5.41, 5.74) is 6.06. The first-order chi connectivity index (χ1) is 11.0. The fraction of sp³-hybridized carbons (Fsp3) is 0.222. The van der Waals surface area contributed by atoms with Gasteiger partial charge in [0, 0.05) is 13.7 Å². The zero-order valence-electron chi connectivity index (χ0n) is 13.2. The standard InChI is InChI=1S/C18H19N3O2/c1-18(23-2,17(19)22)16-10-20-12-21(16)11-13-7-8-14-5-3-4-6-15(14)9-13/h3-10,12H,11H2,1-2H3,(H2,19,22). The van der Waals surface area contributed by atoms with Crippen LogP contribution in [-0.2, 0) is 21.7 Å². The lowest BCUT2D eigenvalue weighted by molar-refractivity contribution is -0.139. The molecule has 1 aromatic heterocycles. The zero-order chi connectivity index (χ0) is 16.4. The third-order valence-corrected chi connectivity index (χ3v) is 4.25. The van der Waals surface area contributed by atoms with Crippen LogP contribution in [0.1, 0.15) is 18.2 Å². The van der Waals surface area contributed by atoms with Gasteiger partial charge in [-0.2, -0.15) is 0 Å². The lowest BCUT2D eigenvalue weighted by atomic mass is 10.0. The number of hydrogen-bond acceptors (Lipinski definition) is 3. The molecule has 3 rings (SSSR count). The van der Waals surface area contributed by atoms with E-state index in [0.717, 1.165) is 5.56 Å². The van der Waals surface area contributed by atoms with Gasteiger partial charge in [-0.05, 0) is 29.3 Å². The lowest BCUT2D eigenvalue weighted by Crippen LogP contribution is -2.41. The number of amides is 1. The lowest BCUT2D eigenvalue weighted by Gasteiger charge is -2.25. The summed E-state index contributed by atoms with van der Waals surface area (Å²) in [4.78, 5) is 15.9. The molecule has 1 heterocycles. The highest BCUT2D eigenvalue weighted by Crippen LogP contribution is 2.25. The van der Waals surface area contributed by atoms with Gasteiger partial charge in [-0.15, -0.1) is 0 Å². The number of primary amides is 1. The topological polar surface area (TPSA) is 70.1 Å². The summed E-state index contributed by atoms with van der Waals surface area (Å²) < 4.78 is 7.24. The van der Waals surface area contributed by atoms with E-state index >= 15 is 0 Å². The van der Waals surface area contributed by atoms with Gasteiger partial charge in [-0.3, -0.25) is 4.79 Å². The Bertz CT molecular complexity index is 856. The fourth-order valence-electron chi connectivity index (χ4n) is 2.71. The minimum absolute atomic E-state index is 0.541. The van der Waals surface area contributed by atoms with E-state index in [1.807, 2.05) is 16.7 Å². The van der Waals surface area contributed by atoms with Crippen molar-refractivity contribution in [1.29, 1.82) is 0 Å². The van der Waals surface area contributed by atoms with Crippen LogP contribution in [0.4, 0.5) is 0 Å². The third-order valence-electron chi connectivity index (χ3n) is 4.25. The second kappa shape index (κ2) is 5.85. The van der Waals surface area contributed by atoms with Crippen molar-refractivity contribution in [2.75, 3.05) is 7.11 Å². The van der Waals surface area contributed by atoms with Gasteiger partial charge in [-0.1, -0.05) is 36.4 Å². The molecule has 0 saturated carbocycles. The van der Waals surface area contributed by atoms with Crippen LogP contribution in [0.5, 0.6) is 0 Å². The normalized spacial score (nSPS) is 13.8. The molecule has 0 aliphatic heterocycles. The monoisotopic (exact) mass is 309 g/mol. The molecule has 23 heavy (non-hydrogen) atoms. The SMILES string of the molecule is COC(C)(C(N)=O)c1cncn1Cc1ccc2ccccc2c1. The molecule has 2 aromatic carbocycles. The second-order valence-electron chi connectivity index (χ2n) is 5.69. The molecular formula is C18H19N3O2. The van der Waals surface area contributed by atoms with E-state index in [1.54, 1.807) is 19.4 Å². The Labute approximate surface area is 134 Å². The minimum atomic E-state index is -1.20. The summed E-state index contributed by atoms with van der Waals surface area (Å²) >= 11 is 0. The maximum Gasteiger partial charge on any atom is 0.255 e. The van der Waals surface area contributed by atoms with Crippen molar-refractivity contribution >= 4 is 16.7 Å². The Kier molecular flexibility index (Phi) is 3.88. The number of benzene rings is 2. The Hall–Kier alpha value is -2.66. The molecule has 0 aliphatic carbocycles. The molecule has 0 spiro atoms. The van der Waals surface area contributed by atoms with E-state index in [9.17, 15) is 4.79 Å². The van der Waals surface area contributed by atoms with Crippen molar-refractivity contribution in [3.05, 3.63) is 66.2 Å². The largest absolute Gasteiger partial charge is 0.367 e. The highest BCUT2D eigenvalue weighted by Gasteiger charge is 2.36. The van der Waals surface area contributed by atoms with Crippen LogP contribution in [0.3, 0.4) is 0 Å². The van der Waals surface area contributed by atoms with Crippen molar-refractivity contribution in [3.63, 3.8) is 0 Å². The average molecular weight is 309 g/mol. The van der Waals surface area contributed by atoms with Crippen LogP contribution in [0, 0.1) is 0 Å². The molecule has 118 valence electrons. The van der Waals surface area contributed by atoms with Crippen LogP contribution in [0.25, 0.3) is 10.8 Å². The summed E-state index contributed by atoms with van der Waals surface area (Å²) in [6.07, 6.45) is 3.31. The summed E-state index contributed by atoms with van der Waals surface area (Å²) in [5.74, 6) is -0.541. The molecule has 5 nitrogen and oxygen atoms in total. The first kappa shape index (κ1) is 15.2. The minimum Gasteiger partial charge on any atom is -0.367 e. The maximum absolute atomic E-state index is 11.8. The molecule has 1 amide bonds. The predicted molar refractivity (Wildman–Crippen MR) is 88.8 cm³/mol. The van der Waals surface area contributed by atoms with E-state index < -0.39 is 11.5 Å². The van der Waals surface area contributed by atoms with E-state index in [-0.39, 0.29) is 0 Å². The van der Waals surface area contributed by atoms with Crippen molar-refractivity contribution < 1.29 is 9.53 Å². The molecule has 5 heteroatoms. The molecule has 3 aromatic rings. The predicted octanol–water partition coefficient (Wildman–Crippen LogP) is 2.43. The second-order valence-corrected chi connectivity index (χ2v) is 5.69. The molecule has 1 unspecified atom stereocenters. The number of carbonyl (C=O) groups is 1. The molecular weight excluding hydrogens is 290 g/mol. The highest BCUT2D eigenvalue weighted by atomic mass is 16.5. The molecule has 1 atom stereocenters. The quantitative estimate of drug-likeness (QED) is 0.787. The number of rotatable bonds is 5. The van der Waals surface area contributed by atoms with Crippen LogP contribution < -0.4 is 5.73 Å². The van der Waals surface area contributed by atoms with Gasteiger partial charge in [0.05, 0.1) is 18.2 Å². The molecule has 0 fully saturated rings. The number of nitrogens with two attached hydrogens (primary N) is 1. The van der Waals surface area contributed by atoms with Crippen LogP contribution in [0.2, 0.25) is 0 Å². The van der Waals surface area contributed by atoms with Crippen LogP contribution in [0.15, 0.2) is 55.0 Å². The van der Waals surface area contributed by atoms with Crippen molar-refractivity contribution in [2.45, 2.75) is 19.1 Å². The Morgan fingerprint density at radius 3 is 2.70 bits per heavy atom. The number of ether oxygens (including phenoxy) is 1. The van der Waals surface area contributed by atoms with Gasteiger partial charge >= 0.3 is 0 Å². The zero-order valence-corrected chi connectivity index (χ0v) is 13.2. The van der Waals surface area contributed by atoms with Crippen molar-refractivity contribution in [3.8, 4) is 0 Å². The number of methoxy groups -OCH3 is 1. The van der Waals surface area contributed by atoms with E-state index in [0.29, 0.717) is 12.2 Å². The fourth-order valence-corrected chi connectivity index (χ4v) is 2.71. The Morgan fingerprint density at radius 2 is 2.00 bits per heavy atom. The third kappa shape index (κ3) is 2.71.